The molecule has 0 fully saturated rings. The average Bonchev–Trinajstić information content (AvgIpc) is 2.68. The van der Waals surface area contributed by atoms with E-state index in [0.717, 1.165) is 16.4 Å². The molecule has 0 radical (unpaired) electrons. The number of fused-ring (bicyclic) bond motifs is 1. The van der Waals surface area contributed by atoms with Gasteiger partial charge in [-0.3, -0.25) is 4.79 Å². The minimum Gasteiger partial charge on any atom is -0.480 e. The van der Waals surface area contributed by atoms with E-state index < -0.39 is 49.3 Å². The number of hydrogen-bond acceptors (Lipinski definition) is 6. The van der Waals surface area contributed by atoms with Crippen LogP contribution in [0.5, 0.6) is 5.75 Å². The summed E-state index contributed by atoms with van der Waals surface area (Å²) in [6.45, 7) is 6.95. The highest BCUT2D eigenvalue weighted by molar-refractivity contribution is 7.89. The van der Waals surface area contributed by atoms with Gasteiger partial charge in [0.15, 0.2) is 0 Å². The molecule has 0 aliphatic carbocycles. The fourth-order valence-electron chi connectivity index (χ4n) is 3.26. The van der Waals surface area contributed by atoms with Gasteiger partial charge in [0.25, 0.3) is 0 Å². The Morgan fingerprint density at radius 3 is 2.06 bits per heavy atom. The Labute approximate surface area is 196 Å². The van der Waals surface area contributed by atoms with Crippen molar-refractivity contribution in [3.8, 4) is 5.75 Å². The Kier molecular flexibility index (Phi) is 8.26. The summed E-state index contributed by atoms with van der Waals surface area (Å²) in [5.41, 5.74) is -5.60. The molecule has 2 rings (SSSR count). The molecule has 34 heavy (non-hydrogen) atoms. The lowest BCUT2D eigenvalue weighted by atomic mass is 10.0. The molecule has 2 aromatic carbocycles. The first-order chi connectivity index (χ1) is 15.5. The summed E-state index contributed by atoms with van der Waals surface area (Å²) in [7, 11) is -10.1. The Hall–Kier alpha value is -2.38. The van der Waals surface area contributed by atoms with Gasteiger partial charge < -0.3 is 9.29 Å². The number of nitrogens with zero attached hydrogens (tertiary/aromatic N) is 1. The minimum absolute atomic E-state index is 0.0186. The number of aliphatic carboxylic acids is 1. The SMILES string of the molecule is CC(C)CCN([C@@H](C(=O)O)C(C)C)S(=O)(=O)c1ccc2cc(OS(=O)(=O)C(F)(F)F)ccc2c1. The van der Waals surface area contributed by atoms with Crippen molar-refractivity contribution in [3.63, 3.8) is 0 Å². The van der Waals surface area contributed by atoms with Gasteiger partial charge in [-0.05, 0) is 53.3 Å². The zero-order chi connectivity index (χ0) is 26.1. The van der Waals surface area contributed by atoms with Crippen molar-refractivity contribution in [1.82, 2.24) is 4.31 Å². The standard InChI is InChI=1S/C21H26F3NO7S2/c1-13(2)9-10-25(19(14(3)4)20(26)27)33(28,29)18-8-6-15-11-17(7-5-16(15)12-18)32-34(30,31)21(22,23)24/h5-8,11-14,19H,9-10H2,1-4H3,(H,26,27)/t19-/m1/s1. The summed E-state index contributed by atoms with van der Waals surface area (Å²) >= 11 is 0. The van der Waals surface area contributed by atoms with Gasteiger partial charge in [-0.25, -0.2) is 8.42 Å². The van der Waals surface area contributed by atoms with E-state index in [1.54, 1.807) is 13.8 Å². The van der Waals surface area contributed by atoms with Crippen LogP contribution in [0.15, 0.2) is 41.3 Å². The Morgan fingerprint density at radius 2 is 1.56 bits per heavy atom. The van der Waals surface area contributed by atoms with E-state index in [-0.39, 0.29) is 28.1 Å². The number of hydrogen-bond donors (Lipinski definition) is 1. The molecule has 1 atom stereocenters. The van der Waals surface area contributed by atoms with Crippen LogP contribution in [-0.4, -0.2) is 50.3 Å². The monoisotopic (exact) mass is 525 g/mol. The maximum absolute atomic E-state index is 13.4. The predicted molar refractivity (Wildman–Crippen MR) is 119 cm³/mol. The molecule has 0 unspecified atom stereocenters. The van der Waals surface area contributed by atoms with Crippen molar-refractivity contribution in [1.29, 1.82) is 0 Å². The summed E-state index contributed by atoms with van der Waals surface area (Å²) in [5, 5.41) is 10.2. The number of sulfonamides is 1. The van der Waals surface area contributed by atoms with Crippen LogP contribution in [0, 0.1) is 11.8 Å². The summed E-state index contributed by atoms with van der Waals surface area (Å²) in [6.07, 6.45) is 0.428. The molecular weight excluding hydrogens is 499 g/mol. The van der Waals surface area contributed by atoms with Crippen molar-refractivity contribution in [2.45, 2.75) is 50.6 Å². The molecule has 0 saturated heterocycles. The van der Waals surface area contributed by atoms with Crippen molar-refractivity contribution in [3.05, 3.63) is 36.4 Å². The molecule has 1 N–H and O–H groups in total. The third-order valence-corrected chi connectivity index (χ3v) is 7.86. The van der Waals surface area contributed by atoms with Crippen molar-refractivity contribution < 1.29 is 44.1 Å². The van der Waals surface area contributed by atoms with Gasteiger partial charge in [0.1, 0.15) is 11.8 Å². The third-order valence-electron chi connectivity index (χ3n) is 5.00. The Balaban J connectivity index is 2.50. The lowest BCUT2D eigenvalue weighted by Crippen LogP contribution is -2.48. The van der Waals surface area contributed by atoms with E-state index in [0.29, 0.717) is 6.42 Å². The molecule has 0 aliphatic heterocycles. The molecule has 0 amide bonds. The maximum Gasteiger partial charge on any atom is 0.534 e. The highest BCUT2D eigenvalue weighted by Crippen LogP contribution is 2.31. The number of halogens is 3. The van der Waals surface area contributed by atoms with Gasteiger partial charge in [0, 0.05) is 6.54 Å². The van der Waals surface area contributed by atoms with E-state index in [4.69, 9.17) is 0 Å². The van der Waals surface area contributed by atoms with E-state index in [9.17, 15) is 39.9 Å². The molecule has 0 aromatic heterocycles. The number of carboxylic acids is 1. The second-order valence-electron chi connectivity index (χ2n) is 8.48. The number of carboxylic acid groups (broad SMARTS) is 1. The molecule has 0 bridgehead atoms. The van der Waals surface area contributed by atoms with E-state index in [1.807, 2.05) is 13.8 Å². The molecule has 190 valence electrons. The smallest absolute Gasteiger partial charge is 0.480 e. The van der Waals surface area contributed by atoms with E-state index >= 15 is 0 Å². The molecule has 0 heterocycles. The zero-order valence-electron chi connectivity index (χ0n) is 18.9. The van der Waals surface area contributed by atoms with Gasteiger partial charge in [0.2, 0.25) is 10.0 Å². The highest BCUT2D eigenvalue weighted by atomic mass is 32.2. The first kappa shape index (κ1) is 27.9. The van der Waals surface area contributed by atoms with Crippen molar-refractivity contribution in [2.75, 3.05) is 6.54 Å². The number of rotatable bonds is 10. The molecule has 13 heteroatoms. The quantitative estimate of drug-likeness (QED) is 0.365. The lowest BCUT2D eigenvalue weighted by molar-refractivity contribution is -0.143. The maximum atomic E-state index is 13.4. The van der Waals surface area contributed by atoms with Crippen LogP contribution >= 0.6 is 0 Å². The average molecular weight is 526 g/mol. The molecule has 2 aromatic rings. The van der Waals surface area contributed by atoms with Gasteiger partial charge in [-0.1, -0.05) is 39.8 Å². The van der Waals surface area contributed by atoms with Gasteiger partial charge in [-0.2, -0.15) is 25.9 Å². The number of alkyl halides is 3. The van der Waals surface area contributed by atoms with Gasteiger partial charge >= 0.3 is 21.6 Å². The number of carbonyl (C=O) groups is 1. The van der Waals surface area contributed by atoms with Crippen LogP contribution < -0.4 is 4.18 Å². The molecule has 0 saturated carbocycles. The lowest BCUT2D eigenvalue weighted by Gasteiger charge is -2.31. The zero-order valence-corrected chi connectivity index (χ0v) is 20.5. The summed E-state index contributed by atoms with van der Waals surface area (Å²) in [5.74, 6) is -2.28. The van der Waals surface area contributed by atoms with Crippen molar-refractivity contribution >= 4 is 36.9 Å². The molecule has 0 aliphatic rings. The third kappa shape index (κ3) is 6.19. The molecular formula is C21H26F3NO7S2. The Bertz CT molecular complexity index is 1260. The van der Waals surface area contributed by atoms with Crippen LogP contribution in [0.3, 0.4) is 0 Å². The molecule has 0 spiro atoms. The Morgan fingerprint density at radius 1 is 1.00 bits per heavy atom. The van der Waals surface area contributed by atoms with Crippen molar-refractivity contribution in [2.24, 2.45) is 11.8 Å². The first-order valence-corrected chi connectivity index (χ1v) is 13.1. The van der Waals surface area contributed by atoms with E-state index in [2.05, 4.69) is 4.18 Å². The van der Waals surface area contributed by atoms with Crippen LogP contribution in [0.25, 0.3) is 10.8 Å². The van der Waals surface area contributed by atoms with E-state index in [1.165, 1.54) is 24.3 Å². The normalized spacial score (nSPS) is 14.2. The summed E-state index contributed by atoms with van der Waals surface area (Å²) in [6, 6.07) is 5.61. The minimum atomic E-state index is -5.86. The largest absolute Gasteiger partial charge is 0.534 e. The first-order valence-electron chi connectivity index (χ1n) is 10.3. The molecule has 8 nitrogen and oxygen atoms in total. The van der Waals surface area contributed by atoms with Gasteiger partial charge in [-0.15, -0.1) is 0 Å². The van der Waals surface area contributed by atoms with Crippen LogP contribution in [0.1, 0.15) is 34.1 Å². The van der Waals surface area contributed by atoms with Crippen LogP contribution in [0.2, 0.25) is 0 Å². The second kappa shape index (κ2) is 10.1. The van der Waals surface area contributed by atoms with Crippen LogP contribution in [-0.2, 0) is 24.9 Å². The predicted octanol–water partition coefficient (Wildman–Crippen LogP) is 4.21. The topological polar surface area (TPSA) is 118 Å². The van der Waals surface area contributed by atoms with Crippen LogP contribution in [0.4, 0.5) is 13.2 Å². The van der Waals surface area contributed by atoms with Gasteiger partial charge in [0.05, 0.1) is 4.90 Å². The fourth-order valence-corrected chi connectivity index (χ4v) is 5.48. The fraction of sp³-hybridized carbons (Fsp3) is 0.476. The highest BCUT2D eigenvalue weighted by Gasteiger charge is 2.48. The summed E-state index contributed by atoms with van der Waals surface area (Å²) in [4.78, 5) is 11.7. The second-order valence-corrected chi connectivity index (χ2v) is 11.9. The number of benzene rings is 2. The summed E-state index contributed by atoms with van der Waals surface area (Å²) < 4.78 is 92.0.